The van der Waals surface area contributed by atoms with Crippen molar-refractivity contribution in [2.75, 3.05) is 0 Å². The molecule has 2 heteroatoms. The van der Waals surface area contributed by atoms with E-state index in [0.717, 1.165) is 0 Å². The average Bonchev–Trinajstić information content (AvgIpc) is 2.52. The molecule has 0 heterocycles. The van der Waals surface area contributed by atoms with Crippen molar-refractivity contribution >= 4 is 25.3 Å². The van der Waals surface area contributed by atoms with Crippen LogP contribution < -0.4 is 0 Å². The van der Waals surface area contributed by atoms with Crippen LogP contribution in [0.3, 0.4) is 0 Å². The molecule has 0 saturated heterocycles. The smallest absolute Gasteiger partial charge is 0.0133 e. The highest BCUT2D eigenvalue weighted by atomic mass is 32.1. The van der Waals surface area contributed by atoms with E-state index in [4.69, 9.17) is 25.3 Å². The molecule has 2 atom stereocenters. The Bertz CT molecular complexity index is 184. The van der Waals surface area contributed by atoms with Crippen LogP contribution in [0.25, 0.3) is 0 Å². The van der Waals surface area contributed by atoms with Crippen LogP contribution in [0, 0.1) is 0 Å². The molecule has 22 heavy (non-hydrogen) atoms. The SMILES string of the molecule is CCCCCCCCC[C@@H](S)[C@H](S)CCCCCCCCC. The molecule has 0 unspecified atom stereocenters. The third-order valence-corrected chi connectivity index (χ3v) is 6.12. The van der Waals surface area contributed by atoms with Gasteiger partial charge in [-0.25, -0.2) is 0 Å². The van der Waals surface area contributed by atoms with Crippen LogP contribution in [0.15, 0.2) is 0 Å². The summed E-state index contributed by atoms with van der Waals surface area (Å²) in [6.07, 6.45) is 22.0. The minimum atomic E-state index is 0.499. The molecule has 0 fully saturated rings. The maximum Gasteiger partial charge on any atom is 0.0133 e. The van der Waals surface area contributed by atoms with Gasteiger partial charge in [-0.1, -0.05) is 104 Å². The highest BCUT2D eigenvalue weighted by molar-refractivity contribution is 7.85. The maximum absolute atomic E-state index is 4.78. The Hall–Kier alpha value is 0.700. The zero-order valence-corrected chi connectivity index (χ0v) is 17.2. The lowest BCUT2D eigenvalue weighted by molar-refractivity contribution is 0.541. The van der Waals surface area contributed by atoms with Crippen LogP contribution in [0.1, 0.15) is 117 Å². The lowest BCUT2D eigenvalue weighted by Crippen LogP contribution is -2.15. The van der Waals surface area contributed by atoms with Crippen LogP contribution in [-0.2, 0) is 0 Å². The molecule has 0 rings (SSSR count). The zero-order chi connectivity index (χ0) is 16.5. The largest absolute Gasteiger partial charge is 0.175 e. The fourth-order valence-corrected chi connectivity index (χ4v) is 3.67. The maximum atomic E-state index is 4.78. The van der Waals surface area contributed by atoms with E-state index in [1.165, 1.54) is 103 Å². The fraction of sp³-hybridized carbons (Fsp3) is 1.00. The minimum Gasteiger partial charge on any atom is -0.175 e. The van der Waals surface area contributed by atoms with Gasteiger partial charge in [0.25, 0.3) is 0 Å². The number of unbranched alkanes of at least 4 members (excludes halogenated alkanes) is 12. The summed E-state index contributed by atoms with van der Waals surface area (Å²) in [7, 11) is 0. The van der Waals surface area contributed by atoms with Crippen molar-refractivity contribution in [3.63, 3.8) is 0 Å². The van der Waals surface area contributed by atoms with Gasteiger partial charge in [-0.05, 0) is 12.8 Å². The Kier molecular flexibility index (Phi) is 18.6. The molecule has 0 aliphatic carbocycles. The summed E-state index contributed by atoms with van der Waals surface area (Å²) < 4.78 is 0. The first-order valence-corrected chi connectivity index (χ1v) is 11.1. The Balaban J connectivity index is 3.33. The van der Waals surface area contributed by atoms with Crippen molar-refractivity contribution in [2.45, 2.75) is 127 Å². The summed E-state index contributed by atoms with van der Waals surface area (Å²) >= 11 is 9.56. The first-order chi connectivity index (χ1) is 10.7. The molecule has 0 amide bonds. The van der Waals surface area contributed by atoms with E-state index >= 15 is 0 Å². The van der Waals surface area contributed by atoms with Crippen LogP contribution in [-0.4, -0.2) is 10.5 Å². The molecule has 0 N–H and O–H groups in total. The lowest BCUT2D eigenvalue weighted by Gasteiger charge is -2.18. The third kappa shape index (κ3) is 15.6. The van der Waals surface area contributed by atoms with E-state index in [1.54, 1.807) is 0 Å². The topological polar surface area (TPSA) is 0 Å². The van der Waals surface area contributed by atoms with Crippen molar-refractivity contribution in [2.24, 2.45) is 0 Å². The predicted molar refractivity (Wildman–Crippen MR) is 111 cm³/mol. The Labute approximate surface area is 152 Å². The predicted octanol–water partition coefficient (Wildman–Crippen LogP) is 7.86. The van der Waals surface area contributed by atoms with E-state index in [0.29, 0.717) is 10.5 Å². The molecule has 0 aromatic carbocycles. The first kappa shape index (κ1) is 22.7. The van der Waals surface area contributed by atoms with Gasteiger partial charge in [0.1, 0.15) is 0 Å². The summed E-state index contributed by atoms with van der Waals surface area (Å²) in [6, 6.07) is 0. The molecule has 0 nitrogen and oxygen atoms in total. The number of thiol groups is 2. The lowest BCUT2D eigenvalue weighted by atomic mass is 10.0. The van der Waals surface area contributed by atoms with Crippen molar-refractivity contribution in [3.05, 3.63) is 0 Å². The first-order valence-electron chi connectivity index (χ1n) is 10.1. The number of hydrogen-bond donors (Lipinski definition) is 2. The molecule has 0 saturated carbocycles. The van der Waals surface area contributed by atoms with E-state index in [9.17, 15) is 0 Å². The van der Waals surface area contributed by atoms with Gasteiger partial charge in [-0.3, -0.25) is 0 Å². The van der Waals surface area contributed by atoms with Gasteiger partial charge < -0.3 is 0 Å². The number of hydrogen-bond acceptors (Lipinski definition) is 2. The van der Waals surface area contributed by atoms with Crippen molar-refractivity contribution in [1.82, 2.24) is 0 Å². The second-order valence-corrected chi connectivity index (χ2v) is 8.28. The minimum absolute atomic E-state index is 0.499. The van der Waals surface area contributed by atoms with Gasteiger partial charge >= 0.3 is 0 Å². The van der Waals surface area contributed by atoms with Gasteiger partial charge in [0, 0.05) is 10.5 Å². The van der Waals surface area contributed by atoms with E-state index in [-0.39, 0.29) is 0 Å². The van der Waals surface area contributed by atoms with Crippen molar-refractivity contribution in [3.8, 4) is 0 Å². The van der Waals surface area contributed by atoms with E-state index in [1.807, 2.05) is 0 Å². The Morgan fingerprint density at radius 2 is 0.727 bits per heavy atom. The summed E-state index contributed by atoms with van der Waals surface area (Å²) in [5, 5.41) is 0.998. The molecule has 0 aliphatic heterocycles. The second-order valence-electron chi connectivity index (χ2n) is 6.95. The highest BCUT2D eigenvalue weighted by Crippen LogP contribution is 2.22. The van der Waals surface area contributed by atoms with Crippen molar-refractivity contribution < 1.29 is 0 Å². The van der Waals surface area contributed by atoms with Crippen LogP contribution in [0.4, 0.5) is 0 Å². The summed E-state index contributed by atoms with van der Waals surface area (Å²) in [5.41, 5.74) is 0. The highest BCUT2D eigenvalue weighted by Gasteiger charge is 2.13. The van der Waals surface area contributed by atoms with Gasteiger partial charge in [-0.2, -0.15) is 25.3 Å². The monoisotopic (exact) mass is 346 g/mol. The van der Waals surface area contributed by atoms with Crippen LogP contribution in [0.2, 0.25) is 0 Å². The molecule has 0 aliphatic rings. The Morgan fingerprint density at radius 1 is 0.455 bits per heavy atom. The molecular weight excluding hydrogens is 304 g/mol. The van der Waals surface area contributed by atoms with Gasteiger partial charge in [0.15, 0.2) is 0 Å². The Morgan fingerprint density at radius 3 is 1.05 bits per heavy atom. The molecule has 0 aromatic heterocycles. The van der Waals surface area contributed by atoms with E-state index in [2.05, 4.69) is 13.8 Å². The summed E-state index contributed by atoms with van der Waals surface area (Å²) in [6.45, 7) is 4.56. The second kappa shape index (κ2) is 18.0. The quantitative estimate of drug-likeness (QED) is 0.194. The molecule has 0 radical (unpaired) electrons. The fourth-order valence-electron chi connectivity index (χ4n) is 3.01. The normalized spacial score (nSPS) is 14.2. The van der Waals surface area contributed by atoms with E-state index < -0.39 is 0 Å². The molecule has 134 valence electrons. The average molecular weight is 347 g/mol. The molecule has 0 aromatic rings. The summed E-state index contributed by atoms with van der Waals surface area (Å²) in [5.74, 6) is 0. The van der Waals surface area contributed by atoms with Crippen molar-refractivity contribution in [1.29, 1.82) is 0 Å². The van der Waals surface area contributed by atoms with Gasteiger partial charge in [0.05, 0.1) is 0 Å². The van der Waals surface area contributed by atoms with Gasteiger partial charge in [0.2, 0.25) is 0 Å². The third-order valence-electron chi connectivity index (χ3n) is 4.65. The number of rotatable bonds is 17. The molecule has 0 spiro atoms. The standard InChI is InChI=1S/C20H42S2/c1-3-5-7-9-11-13-15-17-19(21)20(22)18-16-14-12-10-8-6-4-2/h19-22H,3-18H2,1-2H3/t19-,20-/m1/s1. The van der Waals surface area contributed by atoms with Crippen LogP contribution in [0.5, 0.6) is 0 Å². The molecule has 0 bridgehead atoms. The zero-order valence-electron chi connectivity index (χ0n) is 15.4. The van der Waals surface area contributed by atoms with Gasteiger partial charge in [-0.15, -0.1) is 0 Å². The van der Waals surface area contributed by atoms with Crippen LogP contribution >= 0.6 is 25.3 Å². The molecular formula is C20H42S2. The summed E-state index contributed by atoms with van der Waals surface area (Å²) in [4.78, 5) is 0.